The Morgan fingerprint density at radius 3 is 2.37 bits per heavy atom. The number of para-hydroxylation sites is 1. The van der Waals surface area contributed by atoms with E-state index < -0.39 is 17.7 Å². The molecule has 0 atom stereocenters. The summed E-state index contributed by atoms with van der Waals surface area (Å²) in [5.74, 6) is -2.70. The van der Waals surface area contributed by atoms with Crippen molar-refractivity contribution in [3.8, 4) is 0 Å². The van der Waals surface area contributed by atoms with Crippen molar-refractivity contribution in [2.24, 2.45) is 0 Å². The standard InChI is InChI=1S/C19H24ClN3O4/c1-4-22-8-10-23(11-9-22)16-14(20)6-5-7-15(16)21-12-13-17(24)26-19(2,3)27-18(13)25/h5-7,12,21H,4,8-11H2,1-3H3. The number of nitrogens with zero attached hydrogens (tertiary/aromatic N) is 2. The molecule has 1 N–H and O–H groups in total. The Labute approximate surface area is 163 Å². The Hall–Kier alpha value is -2.25. The van der Waals surface area contributed by atoms with Crippen LogP contribution in [0.15, 0.2) is 30.0 Å². The number of benzene rings is 1. The normalized spacial score (nSPS) is 20.1. The number of carbonyl (C=O) groups is 2. The van der Waals surface area contributed by atoms with Crippen LogP contribution in [0, 0.1) is 0 Å². The van der Waals surface area contributed by atoms with E-state index in [1.807, 2.05) is 18.2 Å². The second-order valence-electron chi connectivity index (χ2n) is 6.94. The molecule has 1 aromatic carbocycles. The van der Waals surface area contributed by atoms with Crippen LogP contribution in [0.25, 0.3) is 0 Å². The third-order valence-corrected chi connectivity index (χ3v) is 4.92. The van der Waals surface area contributed by atoms with Crippen LogP contribution in [-0.4, -0.2) is 55.3 Å². The largest absolute Gasteiger partial charge is 0.419 e. The third-order valence-electron chi connectivity index (χ3n) is 4.61. The number of cyclic esters (lactones) is 2. The van der Waals surface area contributed by atoms with Gasteiger partial charge in [0.2, 0.25) is 0 Å². The summed E-state index contributed by atoms with van der Waals surface area (Å²) in [5.41, 5.74) is 1.38. The van der Waals surface area contributed by atoms with Gasteiger partial charge in [0.05, 0.1) is 16.4 Å². The van der Waals surface area contributed by atoms with E-state index in [-0.39, 0.29) is 5.57 Å². The van der Waals surface area contributed by atoms with Crippen LogP contribution in [0.1, 0.15) is 20.8 Å². The molecule has 0 amide bonds. The highest BCUT2D eigenvalue weighted by Crippen LogP contribution is 2.35. The number of anilines is 2. The van der Waals surface area contributed by atoms with Crippen LogP contribution in [-0.2, 0) is 19.1 Å². The second kappa shape index (κ2) is 7.78. The molecule has 2 saturated heterocycles. The van der Waals surface area contributed by atoms with Gasteiger partial charge in [0.25, 0.3) is 5.79 Å². The Bertz CT molecular complexity index is 748. The van der Waals surface area contributed by atoms with E-state index in [1.165, 1.54) is 20.0 Å². The van der Waals surface area contributed by atoms with E-state index >= 15 is 0 Å². The van der Waals surface area contributed by atoms with Crippen LogP contribution in [0.5, 0.6) is 0 Å². The minimum atomic E-state index is -1.26. The molecule has 2 aliphatic rings. The fraction of sp³-hybridized carbons (Fsp3) is 0.474. The molecule has 146 valence electrons. The molecule has 0 unspecified atom stereocenters. The molecule has 7 nitrogen and oxygen atoms in total. The Kier molecular flexibility index (Phi) is 5.62. The van der Waals surface area contributed by atoms with E-state index in [0.29, 0.717) is 10.7 Å². The van der Waals surface area contributed by atoms with Crippen LogP contribution >= 0.6 is 11.6 Å². The maximum atomic E-state index is 12.1. The molecular formula is C19H24ClN3O4. The van der Waals surface area contributed by atoms with Gasteiger partial charge < -0.3 is 24.6 Å². The topological polar surface area (TPSA) is 71.1 Å². The van der Waals surface area contributed by atoms with Crippen LogP contribution in [0.3, 0.4) is 0 Å². The number of carbonyl (C=O) groups excluding carboxylic acids is 2. The third kappa shape index (κ3) is 4.36. The van der Waals surface area contributed by atoms with Gasteiger partial charge in [0, 0.05) is 46.2 Å². The zero-order valence-electron chi connectivity index (χ0n) is 15.8. The van der Waals surface area contributed by atoms with Crippen molar-refractivity contribution >= 4 is 34.9 Å². The first-order valence-corrected chi connectivity index (χ1v) is 9.37. The van der Waals surface area contributed by atoms with Crippen molar-refractivity contribution in [2.45, 2.75) is 26.6 Å². The first kappa shape index (κ1) is 19.5. The highest BCUT2D eigenvalue weighted by atomic mass is 35.5. The summed E-state index contributed by atoms with van der Waals surface area (Å²) < 4.78 is 10.2. The summed E-state index contributed by atoms with van der Waals surface area (Å²) in [6.07, 6.45) is 1.32. The summed E-state index contributed by atoms with van der Waals surface area (Å²) in [5, 5.41) is 3.64. The lowest BCUT2D eigenvalue weighted by Gasteiger charge is -2.36. The number of piperazine rings is 1. The summed E-state index contributed by atoms with van der Waals surface area (Å²) >= 11 is 6.45. The highest BCUT2D eigenvalue weighted by Gasteiger charge is 2.39. The smallest absolute Gasteiger partial charge is 0.350 e. The van der Waals surface area contributed by atoms with Crippen molar-refractivity contribution in [3.63, 3.8) is 0 Å². The molecular weight excluding hydrogens is 370 g/mol. The first-order valence-electron chi connectivity index (χ1n) is 9.00. The van der Waals surface area contributed by atoms with Gasteiger partial charge in [-0.2, -0.15) is 0 Å². The quantitative estimate of drug-likeness (QED) is 0.479. The van der Waals surface area contributed by atoms with Crippen molar-refractivity contribution < 1.29 is 19.1 Å². The van der Waals surface area contributed by atoms with Gasteiger partial charge >= 0.3 is 11.9 Å². The maximum absolute atomic E-state index is 12.1. The van der Waals surface area contributed by atoms with E-state index in [9.17, 15) is 9.59 Å². The Balaban J connectivity index is 1.81. The first-order chi connectivity index (χ1) is 12.8. The molecule has 8 heteroatoms. The fourth-order valence-corrected chi connectivity index (χ4v) is 3.46. The predicted molar refractivity (Wildman–Crippen MR) is 104 cm³/mol. The number of hydrogen-bond donors (Lipinski definition) is 1. The average molecular weight is 394 g/mol. The van der Waals surface area contributed by atoms with E-state index in [0.717, 1.165) is 38.4 Å². The predicted octanol–water partition coefficient (Wildman–Crippen LogP) is 2.61. The summed E-state index contributed by atoms with van der Waals surface area (Å²) in [6, 6.07) is 5.50. The average Bonchev–Trinajstić information content (AvgIpc) is 2.60. The van der Waals surface area contributed by atoms with Crippen molar-refractivity contribution in [1.29, 1.82) is 0 Å². The van der Waals surface area contributed by atoms with Crippen molar-refractivity contribution in [3.05, 3.63) is 35.0 Å². The Morgan fingerprint density at radius 2 is 1.78 bits per heavy atom. The molecule has 3 rings (SSSR count). The summed E-state index contributed by atoms with van der Waals surface area (Å²) in [7, 11) is 0. The fourth-order valence-electron chi connectivity index (χ4n) is 3.17. The Morgan fingerprint density at radius 1 is 1.15 bits per heavy atom. The molecule has 27 heavy (non-hydrogen) atoms. The molecule has 0 radical (unpaired) electrons. The van der Waals surface area contributed by atoms with Crippen LogP contribution in [0.4, 0.5) is 11.4 Å². The molecule has 0 aromatic heterocycles. The minimum absolute atomic E-state index is 0.184. The number of halogens is 1. The molecule has 2 aliphatic heterocycles. The molecule has 0 bridgehead atoms. The van der Waals surface area contributed by atoms with Gasteiger partial charge in [-0.15, -0.1) is 0 Å². The van der Waals surface area contributed by atoms with Gasteiger partial charge in [-0.05, 0) is 18.7 Å². The summed E-state index contributed by atoms with van der Waals surface area (Å²) in [6.45, 7) is 9.80. The minimum Gasteiger partial charge on any atom is -0.419 e. The lowest BCUT2D eigenvalue weighted by molar-refractivity contribution is -0.222. The molecule has 2 heterocycles. The SMILES string of the molecule is CCN1CCN(c2c(Cl)cccc2NC=C2C(=O)OC(C)(C)OC2=O)CC1. The van der Waals surface area contributed by atoms with Gasteiger partial charge in [-0.1, -0.05) is 24.6 Å². The van der Waals surface area contributed by atoms with E-state index in [1.54, 1.807) is 0 Å². The van der Waals surface area contributed by atoms with E-state index in [2.05, 4.69) is 22.0 Å². The summed E-state index contributed by atoms with van der Waals surface area (Å²) in [4.78, 5) is 28.8. The number of likely N-dealkylation sites (N-methyl/N-ethyl adjacent to an activating group) is 1. The van der Waals surface area contributed by atoms with Gasteiger partial charge in [-0.25, -0.2) is 9.59 Å². The van der Waals surface area contributed by atoms with Crippen LogP contribution in [0.2, 0.25) is 5.02 Å². The molecule has 0 saturated carbocycles. The van der Waals surface area contributed by atoms with Gasteiger partial charge in [0.1, 0.15) is 0 Å². The van der Waals surface area contributed by atoms with Crippen LogP contribution < -0.4 is 10.2 Å². The molecule has 0 spiro atoms. The van der Waals surface area contributed by atoms with Crippen molar-refractivity contribution in [1.82, 2.24) is 4.90 Å². The lowest BCUT2D eigenvalue weighted by Crippen LogP contribution is -2.46. The van der Waals surface area contributed by atoms with Crippen molar-refractivity contribution in [2.75, 3.05) is 42.9 Å². The zero-order valence-corrected chi connectivity index (χ0v) is 16.5. The number of nitrogens with one attached hydrogen (secondary N) is 1. The zero-order chi connectivity index (χ0) is 19.6. The highest BCUT2D eigenvalue weighted by molar-refractivity contribution is 6.34. The number of ether oxygens (including phenoxy) is 2. The molecule has 2 fully saturated rings. The monoisotopic (exact) mass is 393 g/mol. The number of esters is 2. The molecule has 0 aliphatic carbocycles. The van der Waals surface area contributed by atoms with Gasteiger partial charge in [0.15, 0.2) is 5.57 Å². The number of rotatable bonds is 4. The maximum Gasteiger partial charge on any atom is 0.350 e. The second-order valence-corrected chi connectivity index (χ2v) is 7.35. The van der Waals surface area contributed by atoms with E-state index in [4.69, 9.17) is 21.1 Å². The molecule has 1 aromatic rings. The lowest BCUT2D eigenvalue weighted by atomic mass is 10.2. The number of hydrogen-bond acceptors (Lipinski definition) is 7. The van der Waals surface area contributed by atoms with Gasteiger partial charge in [-0.3, -0.25) is 0 Å².